The van der Waals surface area contributed by atoms with Crippen molar-refractivity contribution in [3.63, 3.8) is 0 Å². The maximum atomic E-state index is 12.0. The topological polar surface area (TPSA) is 56.1 Å². The average Bonchev–Trinajstić information content (AvgIpc) is 2.85. The van der Waals surface area contributed by atoms with E-state index < -0.39 is 0 Å². The molecule has 1 aromatic heterocycles. The first-order chi connectivity index (χ1) is 9.58. The van der Waals surface area contributed by atoms with Gasteiger partial charge in [-0.1, -0.05) is 6.07 Å². The highest BCUT2D eigenvalue weighted by Gasteiger charge is 2.12. The van der Waals surface area contributed by atoms with Gasteiger partial charge in [-0.3, -0.25) is 9.48 Å². The van der Waals surface area contributed by atoms with Gasteiger partial charge in [0.25, 0.3) is 0 Å². The van der Waals surface area contributed by atoms with Crippen molar-refractivity contribution in [2.45, 2.75) is 26.3 Å². The van der Waals surface area contributed by atoms with Crippen LogP contribution in [0.15, 0.2) is 36.5 Å². The Bertz CT molecular complexity index is 592. The zero-order valence-electron chi connectivity index (χ0n) is 12.0. The van der Waals surface area contributed by atoms with Gasteiger partial charge in [0.15, 0.2) is 0 Å². The molecule has 0 aliphatic heterocycles. The number of aromatic nitrogens is 2. The van der Waals surface area contributed by atoms with Crippen molar-refractivity contribution in [2.75, 3.05) is 12.4 Å². The van der Waals surface area contributed by atoms with Crippen molar-refractivity contribution in [2.24, 2.45) is 0 Å². The van der Waals surface area contributed by atoms with Gasteiger partial charge >= 0.3 is 0 Å². The molecule has 106 valence electrons. The average molecular weight is 273 g/mol. The molecular weight excluding hydrogens is 254 g/mol. The molecule has 1 heterocycles. The number of hydrogen-bond acceptors (Lipinski definition) is 3. The third-order valence-electron chi connectivity index (χ3n) is 3.03. The SMILES string of the molecule is COc1cccc(NC(=O)C[C@@H](C)n2ccc(C)n2)c1. The monoisotopic (exact) mass is 273 g/mol. The number of carbonyl (C=O) groups is 1. The summed E-state index contributed by atoms with van der Waals surface area (Å²) in [7, 11) is 1.60. The zero-order chi connectivity index (χ0) is 14.5. The standard InChI is InChI=1S/C15H19N3O2/c1-11-7-8-18(17-11)12(2)9-15(19)16-13-5-4-6-14(10-13)20-3/h4-8,10,12H,9H2,1-3H3,(H,16,19)/t12-/m1/s1. The number of nitrogens with zero attached hydrogens (tertiary/aromatic N) is 2. The van der Waals surface area contributed by atoms with Gasteiger partial charge in [0.2, 0.25) is 5.91 Å². The van der Waals surface area contributed by atoms with Crippen LogP contribution in [0.4, 0.5) is 5.69 Å². The molecule has 5 nitrogen and oxygen atoms in total. The predicted molar refractivity (Wildman–Crippen MR) is 77.9 cm³/mol. The number of benzene rings is 1. The largest absolute Gasteiger partial charge is 0.497 e. The maximum Gasteiger partial charge on any atom is 0.226 e. The van der Waals surface area contributed by atoms with Crippen LogP contribution >= 0.6 is 0 Å². The third kappa shape index (κ3) is 3.60. The Balaban J connectivity index is 1.95. The Hall–Kier alpha value is -2.30. The van der Waals surface area contributed by atoms with Crippen molar-refractivity contribution in [1.82, 2.24) is 9.78 Å². The summed E-state index contributed by atoms with van der Waals surface area (Å²) in [6, 6.07) is 9.26. The molecule has 1 N–H and O–H groups in total. The maximum absolute atomic E-state index is 12.0. The summed E-state index contributed by atoms with van der Waals surface area (Å²) in [5.74, 6) is 0.678. The number of carbonyl (C=O) groups excluding carboxylic acids is 1. The summed E-state index contributed by atoms with van der Waals surface area (Å²) in [4.78, 5) is 12.0. The normalized spacial score (nSPS) is 11.9. The van der Waals surface area contributed by atoms with E-state index in [1.807, 2.05) is 44.3 Å². The fourth-order valence-electron chi connectivity index (χ4n) is 1.95. The molecule has 1 aromatic carbocycles. The second-order valence-corrected chi connectivity index (χ2v) is 4.77. The first-order valence-corrected chi connectivity index (χ1v) is 6.54. The third-order valence-corrected chi connectivity index (χ3v) is 3.03. The van der Waals surface area contributed by atoms with E-state index in [-0.39, 0.29) is 11.9 Å². The lowest BCUT2D eigenvalue weighted by Crippen LogP contribution is -2.18. The minimum atomic E-state index is -0.0427. The van der Waals surface area contributed by atoms with Crippen molar-refractivity contribution in [3.8, 4) is 5.75 Å². The quantitative estimate of drug-likeness (QED) is 0.911. The number of ether oxygens (including phenoxy) is 1. The molecule has 0 saturated carbocycles. The molecule has 0 fully saturated rings. The van der Waals surface area contributed by atoms with E-state index in [1.165, 1.54) is 0 Å². The van der Waals surface area contributed by atoms with Crippen LogP contribution in [-0.2, 0) is 4.79 Å². The highest BCUT2D eigenvalue weighted by Crippen LogP contribution is 2.18. The van der Waals surface area contributed by atoms with Gasteiger partial charge in [-0.2, -0.15) is 5.10 Å². The number of hydrogen-bond donors (Lipinski definition) is 1. The number of rotatable bonds is 5. The number of nitrogens with one attached hydrogen (secondary N) is 1. The van der Waals surface area contributed by atoms with Crippen molar-refractivity contribution in [1.29, 1.82) is 0 Å². The van der Waals surface area contributed by atoms with Gasteiger partial charge in [0, 0.05) is 24.4 Å². The molecule has 20 heavy (non-hydrogen) atoms. The van der Waals surface area contributed by atoms with E-state index in [4.69, 9.17) is 4.74 Å². The summed E-state index contributed by atoms with van der Waals surface area (Å²) in [6.45, 7) is 3.90. The van der Waals surface area contributed by atoms with Crippen LogP contribution in [0.5, 0.6) is 5.75 Å². The molecule has 1 amide bonds. The summed E-state index contributed by atoms with van der Waals surface area (Å²) in [6.07, 6.45) is 2.26. The summed E-state index contributed by atoms with van der Waals surface area (Å²) < 4.78 is 6.93. The van der Waals surface area contributed by atoms with Gasteiger partial charge in [0.1, 0.15) is 5.75 Å². The van der Waals surface area contributed by atoms with Crippen LogP contribution in [-0.4, -0.2) is 22.8 Å². The molecule has 1 atom stereocenters. The lowest BCUT2D eigenvalue weighted by Gasteiger charge is -2.12. The fourth-order valence-corrected chi connectivity index (χ4v) is 1.95. The first kappa shape index (κ1) is 14.1. The molecule has 5 heteroatoms. The number of methoxy groups -OCH3 is 1. The van der Waals surface area contributed by atoms with Gasteiger partial charge in [-0.15, -0.1) is 0 Å². The molecule has 0 bridgehead atoms. The summed E-state index contributed by atoms with van der Waals surface area (Å²) >= 11 is 0. The van der Waals surface area contributed by atoms with Gasteiger partial charge in [0.05, 0.1) is 18.8 Å². The summed E-state index contributed by atoms with van der Waals surface area (Å²) in [5.41, 5.74) is 1.68. The molecule has 0 radical (unpaired) electrons. The Morgan fingerprint density at radius 2 is 2.25 bits per heavy atom. The minimum Gasteiger partial charge on any atom is -0.497 e. The highest BCUT2D eigenvalue weighted by atomic mass is 16.5. The molecular formula is C15H19N3O2. The minimum absolute atomic E-state index is 0.0225. The molecule has 2 rings (SSSR count). The van der Waals surface area contributed by atoms with E-state index in [0.29, 0.717) is 6.42 Å². The Morgan fingerprint density at radius 1 is 1.45 bits per heavy atom. The number of anilines is 1. The summed E-state index contributed by atoms with van der Waals surface area (Å²) in [5, 5.41) is 7.18. The van der Waals surface area contributed by atoms with Crippen LogP contribution in [0.25, 0.3) is 0 Å². The molecule has 0 aliphatic carbocycles. The van der Waals surface area contributed by atoms with Gasteiger partial charge in [-0.05, 0) is 32.0 Å². The molecule has 0 saturated heterocycles. The van der Waals surface area contributed by atoms with Gasteiger partial charge < -0.3 is 10.1 Å². The fraction of sp³-hybridized carbons (Fsp3) is 0.333. The van der Waals surface area contributed by atoms with E-state index in [2.05, 4.69) is 10.4 Å². The Kier molecular flexibility index (Phi) is 4.40. The lowest BCUT2D eigenvalue weighted by atomic mass is 10.2. The van der Waals surface area contributed by atoms with E-state index in [0.717, 1.165) is 17.1 Å². The van der Waals surface area contributed by atoms with Crippen molar-refractivity contribution < 1.29 is 9.53 Å². The van der Waals surface area contributed by atoms with Crippen LogP contribution in [0.3, 0.4) is 0 Å². The smallest absolute Gasteiger partial charge is 0.226 e. The van der Waals surface area contributed by atoms with Crippen molar-refractivity contribution >= 4 is 11.6 Å². The molecule has 0 spiro atoms. The van der Waals surface area contributed by atoms with E-state index in [9.17, 15) is 4.79 Å². The van der Waals surface area contributed by atoms with Crippen LogP contribution in [0.1, 0.15) is 25.1 Å². The van der Waals surface area contributed by atoms with E-state index in [1.54, 1.807) is 17.9 Å². The second kappa shape index (κ2) is 6.23. The number of aryl methyl sites for hydroxylation is 1. The Morgan fingerprint density at radius 3 is 2.90 bits per heavy atom. The van der Waals surface area contributed by atoms with E-state index >= 15 is 0 Å². The van der Waals surface area contributed by atoms with Crippen LogP contribution < -0.4 is 10.1 Å². The first-order valence-electron chi connectivity index (χ1n) is 6.54. The molecule has 0 unspecified atom stereocenters. The Labute approximate surface area is 118 Å². The lowest BCUT2D eigenvalue weighted by molar-refractivity contribution is -0.116. The molecule has 2 aromatic rings. The predicted octanol–water partition coefficient (Wildman–Crippen LogP) is 2.79. The molecule has 0 aliphatic rings. The number of amides is 1. The van der Waals surface area contributed by atoms with Crippen LogP contribution in [0, 0.1) is 6.92 Å². The van der Waals surface area contributed by atoms with Crippen molar-refractivity contribution in [3.05, 3.63) is 42.2 Å². The van der Waals surface area contributed by atoms with Gasteiger partial charge in [-0.25, -0.2) is 0 Å². The second-order valence-electron chi connectivity index (χ2n) is 4.77. The zero-order valence-corrected chi connectivity index (χ0v) is 12.0. The highest BCUT2D eigenvalue weighted by molar-refractivity contribution is 5.91. The van der Waals surface area contributed by atoms with Crippen LogP contribution in [0.2, 0.25) is 0 Å².